The number of rotatable bonds is 4. The Hall–Kier alpha value is -2.21. The molecule has 1 aliphatic heterocycles. The minimum absolute atomic E-state index is 0.0981. The summed E-state index contributed by atoms with van der Waals surface area (Å²) in [5, 5.41) is 3.16. The minimum Gasteiger partial charge on any atom is -0.352 e. The van der Waals surface area contributed by atoms with E-state index < -0.39 is 0 Å². The Morgan fingerprint density at radius 2 is 2.30 bits per heavy atom. The molecule has 0 aromatic carbocycles. The quantitative estimate of drug-likeness (QED) is 0.921. The van der Waals surface area contributed by atoms with Crippen LogP contribution in [0.4, 0.5) is 0 Å². The van der Waals surface area contributed by atoms with E-state index in [2.05, 4.69) is 26.3 Å². The van der Waals surface area contributed by atoms with E-state index in [-0.39, 0.29) is 11.9 Å². The highest BCUT2D eigenvalue weighted by atomic mass is 16.2. The van der Waals surface area contributed by atoms with Gasteiger partial charge in [-0.1, -0.05) is 6.07 Å². The molecular formula is C17H21N5O. The second kappa shape index (κ2) is 5.77. The lowest BCUT2D eigenvalue weighted by Gasteiger charge is -2.35. The van der Waals surface area contributed by atoms with Gasteiger partial charge in [0.25, 0.3) is 0 Å². The number of hydrogen-bond acceptors (Lipinski definition) is 4. The van der Waals surface area contributed by atoms with Gasteiger partial charge in [0.2, 0.25) is 5.91 Å². The van der Waals surface area contributed by atoms with Gasteiger partial charge < -0.3 is 9.88 Å². The van der Waals surface area contributed by atoms with Gasteiger partial charge in [0.1, 0.15) is 6.04 Å². The maximum absolute atomic E-state index is 12.9. The average molecular weight is 311 g/mol. The van der Waals surface area contributed by atoms with Gasteiger partial charge in [-0.25, -0.2) is 4.98 Å². The van der Waals surface area contributed by atoms with E-state index in [9.17, 15) is 4.79 Å². The largest absolute Gasteiger partial charge is 0.352 e. The zero-order valence-corrected chi connectivity index (χ0v) is 13.3. The summed E-state index contributed by atoms with van der Waals surface area (Å²) in [6, 6.07) is 4.09. The van der Waals surface area contributed by atoms with Crippen LogP contribution in [0, 0.1) is 0 Å². The van der Waals surface area contributed by atoms with Crippen molar-refractivity contribution in [1.29, 1.82) is 0 Å². The molecular weight excluding hydrogens is 290 g/mol. The molecule has 1 N–H and O–H groups in total. The molecule has 1 saturated carbocycles. The molecule has 0 spiro atoms. The number of carbonyl (C=O) groups excluding carboxylic acids is 1. The molecule has 1 aliphatic carbocycles. The lowest BCUT2D eigenvalue weighted by atomic mass is 10.0. The molecule has 2 aromatic rings. The number of aryl methyl sites for hydroxylation is 1. The number of carbonyl (C=O) groups is 1. The summed E-state index contributed by atoms with van der Waals surface area (Å²) in [5.74, 6) is 0.0981. The lowest BCUT2D eigenvalue weighted by molar-refractivity contribution is -0.127. The van der Waals surface area contributed by atoms with Crippen LogP contribution in [0.5, 0.6) is 0 Å². The summed E-state index contributed by atoms with van der Waals surface area (Å²) >= 11 is 0. The first kappa shape index (κ1) is 14.4. The summed E-state index contributed by atoms with van der Waals surface area (Å²) in [5.41, 5.74) is 3.20. The van der Waals surface area contributed by atoms with Crippen molar-refractivity contribution in [2.45, 2.75) is 37.9 Å². The highest BCUT2D eigenvalue weighted by Crippen LogP contribution is 2.31. The molecule has 1 unspecified atom stereocenters. The van der Waals surface area contributed by atoms with Crippen LogP contribution >= 0.6 is 0 Å². The first-order valence-electron chi connectivity index (χ1n) is 8.16. The van der Waals surface area contributed by atoms with Crippen LogP contribution in [0.2, 0.25) is 0 Å². The molecule has 0 saturated heterocycles. The Labute approximate surface area is 135 Å². The molecule has 4 rings (SSSR count). The van der Waals surface area contributed by atoms with Gasteiger partial charge in [-0.2, -0.15) is 0 Å². The number of fused-ring (bicyclic) bond motifs is 1. The number of hydrogen-bond donors (Lipinski definition) is 1. The molecule has 1 amide bonds. The normalized spacial score (nSPS) is 21.0. The molecule has 120 valence electrons. The highest BCUT2D eigenvalue weighted by molar-refractivity contribution is 5.83. The van der Waals surface area contributed by atoms with Crippen LogP contribution in [-0.2, 0) is 24.8 Å². The SMILES string of the molecule is Cn1cnc2c1C(C(=O)NC1CC1)N(Cc1cccnc1)CC2. The number of pyridine rings is 1. The minimum atomic E-state index is -0.271. The van der Waals surface area contributed by atoms with E-state index in [4.69, 9.17) is 0 Å². The van der Waals surface area contributed by atoms with Crippen LogP contribution < -0.4 is 5.32 Å². The van der Waals surface area contributed by atoms with Crippen molar-refractivity contribution < 1.29 is 4.79 Å². The summed E-state index contributed by atoms with van der Waals surface area (Å²) in [6.45, 7) is 1.56. The molecule has 2 aliphatic rings. The van der Waals surface area contributed by atoms with Gasteiger partial charge in [0, 0.05) is 45.0 Å². The number of nitrogens with one attached hydrogen (secondary N) is 1. The molecule has 1 fully saturated rings. The van der Waals surface area contributed by atoms with Crippen molar-refractivity contribution in [2.24, 2.45) is 7.05 Å². The molecule has 0 radical (unpaired) electrons. The molecule has 2 aromatic heterocycles. The molecule has 23 heavy (non-hydrogen) atoms. The summed E-state index contributed by atoms with van der Waals surface area (Å²) in [7, 11) is 1.97. The van der Waals surface area contributed by atoms with Crippen molar-refractivity contribution in [3.63, 3.8) is 0 Å². The van der Waals surface area contributed by atoms with Crippen LogP contribution in [0.15, 0.2) is 30.9 Å². The monoisotopic (exact) mass is 311 g/mol. The van der Waals surface area contributed by atoms with E-state index in [1.165, 1.54) is 0 Å². The zero-order chi connectivity index (χ0) is 15.8. The lowest BCUT2D eigenvalue weighted by Crippen LogP contribution is -2.45. The van der Waals surface area contributed by atoms with Crippen LogP contribution in [0.1, 0.15) is 35.8 Å². The fourth-order valence-electron chi connectivity index (χ4n) is 3.28. The summed E-state index contributed by atoms with van der Waals surface area (Å²) < 4.78 is 1.99. The number of aromatic nitrogens is 3. The fraction of sp³-hybridized carbons (Fsp3) is 0.471. The molecule has 6 heteroatoms. The van der Waals surface area contributed by atoms with E-state index in [1.54, 1.807) is 6.20 Å². The van der Waals surface area contributed by atoms with E-state index in [0.29, 0.717) is 6.04 Å². The van der Waals surface area contributed by atoms with Crippen molar-refractivity contribution in [2.75, 3.05) is 6.54 Å². The van der Waals surface area contributed by atoms with Crippen LogP contribution in [-0.4, -0.2) is 37.9 Å². The number of amides is 1. The first-order chi connectivity index (χ1) is 11.2. The Balaban J connectivity index is 1.64. The first-order valence-corrected chi connectivity index (χ1v) is 8.16. The molecule has 3 heterocycles. The standard InChI is InChI=1S/C17H21N5O/c1-21-11-19-14-6-8-22(10-12-3-2-7-18-9-12)16(15(14)21)17(23)20-13-4-5-13/h2-3,7,9,11,13,16H,4-6,8,10H2,1H3,(H,20,23). The van der Waals surface area contributed by atoms with Gasteiger partial charge in [0.05, 0.1) is 17.7 Å². The second-order valence-electron chi connectivity index (χ2n) is 6.45. The van der Waals surface area contributed by atoms with E-state index >= 15 is 0 Å². The molecule has 6 nitrogen and oxygen atoms in total. The van der Waals surface area contributed by atoms with Gasteiger partial charge in [0.15, 0.2) is 0 Å². The third-order valence-corrected chi connectivity index (χ3v) is 4.60. The maximum atomic E-state index is 12.9. The summed E-state index contributed by atoms with van der Waals surface area (Å²) in [6.07, 6.45) is 8.53. The van der Waals surface area contributed by atoms with Crippen molar-refractivity contribution in [3.05, 3.63) is 47.8 Å². The van der Waals surface area contributed by atoms with Gasteiger partial charge in [-0.15, -0.1) is 0 Å². The smallest absolute Gasteiger partial charge is 0.243 e. The van der Waals surface area contributed by atoms with Crippen LogP contribution in [0.25, 0.3) is 0 Å². The fourth-order valence-corrected chi connectivity index (χ4v) is 3.28. The number of nitrogens with zero attached hydrogens (tertiary/aromatic N) is 4. The Bertz CT molecular complexity index is 707. The van der Waals surface area contributed by atoms with E-state index in [1.807, 2.05) is 30.2 Å². The second-order valence-corrected chi connectivity index (χ2v) is 6.45. The highest BCUT2D eigenvalue weighted by Gasteiger charge is 2.38. The zero-order valence-electron chi connectivity index (χ0n) is 13.3. The van der Waals surface area contributed by atoms with Gasteiger partial charge in [-0.05, 0) is 24.5 Å². The summed E-state index contributed by atoms with van der Waals surface area (Å²) in [4.78, 5) is 23.7. The topological polar surface area (TPSA) is 63.1 Å². The third-order valence-electron chi connectivity index (χ3n) is 4.60. The van der Waals surface area contributed by atoms with E-state index in [0.717, 1.165) is 49.3 Å². The predicted molar refractivity (Wildman–Crippen MR) is 85.5 cm³/mol. The Morgan fingerprint density at radius 3 is 3.04 bits per heavy atom. The molecule has 0 bridgehead atoms. The maximum Gasteiger partial charge on any atom is 0.243 e. The predicted octanol–water partition coefficient (Wildman–Crippen LogP) is 1.19. The van der Waals surface area contributed by atoms with Crippen molar-refractivity contribution in [3.8, 4) is 0 Å². The van der Waals surface area contributed by atoms with Gasteiger partial charge in [-0.3, -0.25) is 14.7 Å². The van der Waals surface area contributed by atoms with Gasteiger partial charge >= 0.3 is 0 Å². The third kappa shape index (κ3) is 2.86. The average Bonchev–Trinajstić information content (AvgIpc) is 3.30. The Kier molecular flexibility index (Phi) is 3.61. The number of imidazole rings is 1. The molecule has 1 atom stereocenters. The Morgan fingerprint density at radius 1 is 1.43 bits per heavy atom. The van der Waals surface area contributed by atoms with Crippen molar-refractivity contribution >= 4 is 5.91 Å². The van der Waals surface area contributed by atoms with Crippen LogP contribution in [0.3, 0.4) is 0 Å². The van der Waals surface area contributed by atoms with Crippen molar-refractivity contribution in [1.82, 2.24) is 24.8 Å².